The summed E-state index contributed by atoms with van der Waals surface area (Å²) in [6, 6.07) is 21.2. The van der Waals surface area contributed by atoms with Gasteiger partial charge in [-0.15, -0.1) is 0 Å². The van der Waals surface area contributed by atoms with Gasteiger partial charge in [0.05, 0.1) is 25.8 Å². The van der Waals surface area contributed by atoms with Gasteiger partial charge in [0.15, 0.2) is 17.3 Å². The molecule has 6 rings (SSSR count). The fourth-order valence-electron chi connectivity index (χ4n) is 6.54. The number of allylic oxidation sites excluding steroid dienone is 1. The molecule has 3 heterocycles. The van der Waals surface area contributed by atoms with Crippen molar-refractivity contribution in [2.45, 2.75) is 25.4 Å². The van der Waals surface area contributed by atoms with Gasteiger partial charge in [-0.1, -0.05) is 48.5 Å². The number of hydrogen-bond donors (Lipinski definition) is 2. The van der Waals surface area contributed by atoms with Crippen LogP contribution in [0.1, 0.15) is 49.8 Å². The Morgan fingerprint density at radius 1 is 0.957 bits per heavy atom. The van der Waals surface area contributed by atoms with Crippen LogP contribution in [-0.2, 0) is 19.4 Å². The Kier molecular flexibility index (Phi) is 9.70. The largest absolute Gasteiger partial charge is 0.493 e. The number of carbonyl (C=O) groups excluding carboxylic acids is 1. The number of nitrogens with zero attached hydrogens (tertiary/aromatic N) is 5. The molecule has 0 spiro atoms. The maximum Gasteiger partial charge on any atom is 0.221 e. The van der Waals surface area contributed by atoms with Crippen LogP contribution in [-0.4, -0.2) is 84.4 Å². The van der Waals surface area contributed by atoms with E-state index in [9.17, 15) is 4.79 Å². The molecule has 2 aliphatic heterocycles. The van der Waals surface area contributed by atoms with Crippen LogP contribution in [0.5, 0.6) is 11.5 Å². The molecule has 1 saturated heterocycles. The molecular formula is C37H43N7O3. The standard InChI is InChI=1S/C37H43N7O3/c1-42-16-18-43(19-17-42)24-25-8-10-28(11-9-25)34-30-7-5-4-6-27(30)12-14-44(34)15-13-32(45)31-21-26(22-33(46-2)35(31)47-3)20-29-23-40-37(39)41-36(29)38/h4-11,13,15,21-23,34H,12,14,16-20,24H2,1-3H3,(H4,38,39,40,41)/b15-13+. The second kappa shape index (κ2) is 14.2. The average molecular weight is 634 g/mol. The topological polar surface area (TPSA) is 123 Å². The third kappa shape index (κ3) is 7.24. The molecule has 2 aliphatic rings. The van der Waals surface area contributed by atoms with Crippen LogP contribution in [0.3, 0.4) is 0 Å². The van der Waals surface area contributed by atoms with Crippen molar-refractivity contribution in [1.29, 1.82) is 0 Å². The molecule has 1 unspecified atom stereocenters. The van der Waals surface area contributed by atoms with E-state index in [1.807, 2.05) is 18.3 Å². The van der Waals surface area contributed by atoms with Crippen LogP contribution < -0.4 is 20.9 Å². The smallest absolute Gasteiger partial charge is 0.221 e. The minimum Gasteiger partial charge on any atom is -0.493 e. The van der Waals surface area contributed by atoms with Gasteiger partial charge in [0.1, 0.15) is 5.82 Å². The van der Waals surface area contributed by atoms with Gasteiger partial charge in [-0.25, -0.2) is 4.98 Å². The lowest BCUT2D eigenvalue weighted by atomic mass is 9.88. The lowest BCUT2D eigenvalue weighted by Gasteiger charge is -2.37. The Morgan fingerprint density at radius 3 is 2.45 bits per heavy atom. The number of anilines is 2. The van der Waals surface area contributed by atoms with Crippen LogP contribution in [0.2, 0.25) is 0 Å². The highest BCUT2D eigenvalue weighted by molar-refractivity contribution is 6.07. The van der Waals surface area contributed by atoms with Crippen molar-refractivity contribution in [2.24, 2.45) is 0 Å². The lowest BCUT2D eigenvalue weighted by Crippen LogP contribution is -2.43. The molecule has 1 aromatic heterocycles. The zero-order valence-corrected chi connectivity index (χ0v) is 27.4. The van der Waals surface area contributed by atoms with E-state index in [0.717, 1.165) is 51.3 Å². The number of nitrogens with two attached hydrogens (primary N) is 2. The number of nitrogen functional groups attached to an aromatic ring is 2. The van der Waals surface area contributed by atoms with Crippen molar-refractivity contribution < 1.29 is 14.3 Å². The van der Waals surface area contributed by atoms with Crippen LogP contribution in [0.15, 0.2) is 79.1 Å². The third-order valence-electron chi connectivity index (χ3n) is 9.15. The summed E-state index contributed by atoms with van der Waals surface area (Å²) < 4.78 is 11.3. The van der Waals surface area contributed by atoms with Crippen molar-refractivity contribution in [3.63, 3.8) is 0 Å². The number of carbonyl (C=O) groups is 1. The minimum absolute atomic E-state index is 0.0158. The monoisotopic (exact) mass is 633 g/mol. The first-order valence-corrected chi connectivity index (χ1v) is 16.0. The van der Waals surface area contributed by atoms with E-state index in [4.69, 9.17) is 20.9 Å². The summed E-state index contributed by atoms with van der Waals surface area (Å²) >= 11 is 0. The van der Waals surface area contributed by atoms with E-state index in [2.05, 4.69) is 80.2 Å². The van der Waals surface area contributed by atoms with E-state index in [0.29, 0.717) is 34.9 Å². The molecule has 3 aromatic carbocycles. The summed E-state index contributed by atoms with van der Waals surface area (Å²) in [6.45, 7) is 6.12. The highest BCUT2D eigenvalue weighted by Gasteiger charge is 2.27. The van der Waals surface area contributed by atoms with Crippen molar-refractivity contribution >= 4 is 17.5 Å². The molecule has 0 bridgehead atoms. The number of fused-ring (bicyclic) bond motifs is 1. The highest BCUT2D eigenvalue weighted by Crippen LogP contribution is 2.37. The molecule has 1 atom stereocenters. The van der Waals surface area contributed by atoms with Gasteiger partial charge in [-0.3, -0.25) is 9.69 Å². The summed E-state index contributed by atoms with van der Waals surface area (Å²) in [5.41, 5.74) is 18.8. The van der Waals surface area contributed by atoms with Crippen LogP contribution >= 0.6 is 0 Å². The zero-order valence-electron chi connectivity index (χ0n) is 27.4. The summed E-state index contributed by atoms with van der Waals surface area (Å²) in [5.74, 6) is 1.05. The third-order valence-corrected chi connectivity index (χ3v) is 9.15. The number of hydrogen-bond acceptors (Lipinski definition) is 10. The molecular weight excluding hydrogens is 590 g/mol. The number of likely N-dealkylation sites (N-methyl/N-ethyl adjacent to an activating group) is 1. The Hall–Kier alpha value is -4.93. The maximum atomic E-state index is 13.9. The second-order valence-corrected chi connectivity index (χ2v) is 12.3. The molecule has 4 aromatic rings. The Bertz CT molecular complexity index is 1750. The number of rotatable bonds is 10. The summed E-state index contributed by atoms with van der Waals surface area (Å²) in [4.78, 5) is 29.2. The Balaban J connectivity index is 1.26. The van der Waals surface area contributed by atoms with Gasteiger partial charge in [-0.2, -0.15) is 4.98 Å². The molecule has 1 fully saturated rings. The number of ether oxygens (including phenoxy) is 2. The zero-order chi connectivity index (χ0) is 32.9. The lowest BCUT2D eigenvalue weighted by molar-refractivity contribution is 0.104. The van der Waals surface area contributed by atoms with Gasteiger partial charge >= 0.3 is 0 Å². The number of piperazine rings is 1. The molecule has 0 aliphatic carbocycles. The van der Waals surface area contributed by atoms with E-state index in [1.165, 1.54) is 29.4 Å². The van der Waals surface area contributed by atoms with Crippen molar-refractivity contribution in [2.75, 3.05) is 65.5 Å². The van der Waals surface area contributed by atoms with Crippen molar-refractivity contribution in [1.82, 2.24) is 24.7 Å². The fraction of sp³-hybridized carbons (Fsp3) is 0.324. The molecule has 244 valence electrons. The fourth-order valence-corrected chi connectivity index (χ4v) is 6.54. The molecule has 10 heteroatoms. The van der Waals surface area contributed by atoms with Gasteiger partial charge in [0.25, 0.3) is 0 Å². The van der Waals surface area contributed by atoms with Crippen LogP contribution in [0.4, 0.5) is 11.8 Å². The summed E-state index contributed by atoms with van der Waals surface area (Å²) in [6.07, 6.45) is 6.44. The van der Waals surface area contributed by atoms with Crippen LogP contribution in [0, 0.1) is 0 Å². The van der Waals surface area contributed by atoms with Gasteiger partial charge in [-0.05, 0) is 53.4 Å². The van der Waals surface area contributed by atoms with E-state index < -0.39 is 0 Å². The minimum atomic E-state index is -0.191. The van der Waals surface area contributed by atoms with Crippen molar-refractivity contribution in [3.05, 3.63) is 118 Å². The first-order valence-electron chi connectivity index (χ1n) is 16.0. The SMILES string of the molecule is COc1cc(Cc2cnc(N)nc2N)cc(C(=O)/C=C/N2CCc3ccccc3C2c2ccc(CN3CCN(C)CC3)cc2)c1OC. The molecule has 47 heavy (non-hydrogen) atoms. The van der Waals surface area contributed by atoms with Crippen molar-refractivity contribution in [3.8, 4) is 11.5 Å². The molecule has 4 N–H and O–H groups in total. The first kappa shape index (κ1) is 32.0. The number of methoxy groups -OCH3 is 2. The maximum absolute atomic E-state index is 13.9. The average Bonchev–Trinajstić information content (AvgIpc) is 3.09. The van der Waals surface area contributed by atoms with E-state index in [1.54, 1.807) is 19.4 Å². The first-order chi connectivity index (χ1) is 22.8. The van der Waals surface area contributed by atoms with Gasteiger partial charge in [0, 0.05) is 69.7 Å². The molecule has 0 amide bonds. The number of aromatic nitrogens is 2. The van der Waals surface area contributed by atoms with Gasteiger partial charge < -0.3 is 30.7 Å². The quantitative estimate of drug-likeness (QED) is 0.193. The Labute approximate surface area is 276 Å². The molecule has 0 saturated carbocycles. The van der Waals surface area contributed by atoms with Crippen LogP contribution in [0.25, 0.3) is 0 Å². The predicted octanol–water partition coefficient (Wildman–Crippen LogP) is 4.34. The van der Waals surface area contributed by atoms with E-state index in [-0.39, 0.29) is 17.8 Å². The van der Waals surface area contributed by atoms with E-state index >= 15 is 0 Å². The normalized spacial score (nSPS) is 17.1. The summed E-state index contributed by atoms with van der Waals surface area (Å²) in [5, 5.41) is 0. The van der Waals surface area contributed by atoms with Gasteiger partial charge in [0.2, 0.25) is 5.95 Å². The molecule has 0 radical (unpaired) electrons. The molecule has 10 nitrogen and oxygen atoms in total. The number of ketones is 1. The number of benzene rings is 3. The Morgan fingerprint density at radius 2 is 1.72 bits per heavy atom. The highest BCUT2D eigenvalue weighted by atomic mass is 16.5. The predicted molar refractivity (Wildman–Crippen MR) is 185 cm³/mol. The second-order valence-electron chi connectivity index (χ2n) is 12.3. The summed E-state index contributed by atoms with van der Waals surface area (Å²) in [7, 11) is 5.27.